The average Bonchev–Trinajstić information content (AvgIpc) is 2.74. The van der Waals surface area contributed by atoms with Crippen molar-refractivity contribution in [3.8, 4) is 6.07 Å². The van der Waals surface area contributed by atoms with Crippen LogP contribution in [-0.2, 0) is 0 Å². The van der Waals surface area contributed by atoms with Gasteiger partial charge in [0.25, 0.3) is 0 Å². The van der Waals surface area contributed by atoms with Gasteiger partial charge in [-0.05, 0) is 12.8 Å². The second-order valence-electron chi connectivity index (χ2n) is 2.80. The number of hydrogen-bond acceptors (Lipinski definition) is 4. The van der Waals surface area contributed by atoms with Gasteiger partial charge in [0.1, 0.15) is 6.07 Å². The number of aromatic amines is 1. The van der Waals surface area contributed by atoms with Gasteiger partial charge in [-0.25, -0.2) is 0 Å². The molecule has 0 amide bonds. The highest BCUT2D eigenvalue weighted by atomic mass is 15.4. The van der Waals surface area contributed by atoms with E-state index in [4.69, 9.17) is 5.26 Å². The predicted octanol–water partition coefficient (Wildman–Crippen LogP) is 0.277. The highest BCUT2D eigenvalue weighted by Crippen LogP contribution is 2.18. The Balaban J connectivity index is 2.27. The normalized spacial score (nSPS) is 16.4. The van der Waals surface area contributed by atoms with Crippen LogP contribution >= 0.6 is 0 Å². The van der Waals surface area contributed by atoms with Gasteiger partial charge in [-0.1, -0.05) is 0 Å². The van der Waals surface area contributed by atoms with Crippen LogP contribution in [0.5, 0.6) is 0 Å². The molecular weight excluding hydrogens is 154 g/mol. The van der Waals surface area contributed by atoms with E-state index < -0.39 is 0 Å². The van der Waals surface area contributed by atoms with Gasteiger partial charge in [-0.3, -0.25) is 0 Å². The predicted molar refractivity (Wildman–Crippen MR) is 42.5 cm³/mol. The largest absolute Gasteiger partial charge is 0.353 e. The number of anilines is 1. The first-order valence-electron chi connectivity index (χ1n) is 3.97. The van der Waals surface area contributed by atoms with Crippen molar-refractivity contribution in [2.24, 2.45) is 0 Å². The van der Waals surface area contributed by atoms with Crippen molar-refractivity contribution in [1.29, 1.82) is 5.26 Å². The zero-order valence-corrected chi connectivity index (χ0v) is 6.62. The molecule has 5 heteroatoms. The summed E-state index contributed by atoms with van der Waals surface area (Å²) in [6.45, 7) is 1.97. The van der Waals surface area contributed by atoms with Gasteiger partial charge < -0.3 is 4.90 Å². The van der Waals surface area contributed by atoms with E-state index in [1.807, 2.05) is 6.07 Å². The molecule has 5 nitrogen and oxygen atoms in total. The summed E-state index contributed by atoms with van der Waals surface area (Å²) in [5.74, 6) is 0.704. The molecule has 0 spiro atoms. The Kier molecular flexibility index (Phi) is 1.67. The van der Waals surface area contributed by atoms with Gasteiger partial charge in [0.05, 0.1) is 0 Å². The summed E-state index contributed by atoms with van der Waals surface area (Å²) in [5, 5.41) is 18.8. The highest BCUT2D eigenvalue weighted by molar-refractivity contribution is 5.49. The van der Waals surface area contributed by atoms with Crippen molar-refractivity contribution in [2.45, 2.75) is 12.8 Å². The zero-order valence-electron chi connectivity index (χ0n) is 6.62. The first-order chi connectivity index (χ1) is 5.92. The van der Waals surface area contributed by atoms with Crippen LogP contribution < -0.4 is 4.90 Å². The van der Waals surface area contributed by atoms with E-state index >= 15 is 0 Å². The summed E-state index contributed by atoms with van der Waals surface area (Å²) in [6, 6.07) is 2.01. The molecule has 1 N–H and O–H groups in total. The second-order valence-corrected chi connectivity index (χ2v) is 2.80. The zero-order chi connectivity index (χ0) is 8.39. The molecule has 1 aliphatic rings. The average molecular weight is 163 g/mol. The topological polar surface area (TPSA) is 68.6 Å². The van der Waals surface area contributed by atoms with Crippen LogP contribution in [0.15, 0.2) is 0 Å². The van der Waals surface area contributed by atoms with Gasteiger partial charge in [0, 0.05) is 13.1 Å². The molecule has 12 heavy (non-hydrogen) atoms. The fourth-order valence-corrected chi connectivity index (χ4v) is 1.45. The lowest BCUT2D eigenvalue weighted by atomic mass is 10.4. The van der Waals surface area contributed by atoms with Crippen molar-refractivity contribution < 1.29 is 0 Å². The highest BCUT2D eigenvalue weighted by Gasteiger charge is 2.18. The molecule has 1 fully saturated rings. The maximum Gasteiger partial charge on any atom is 0.206 e. The number of H-pyrrole nitrogens is 1. The van der Waals surface area contributed by atoms with Crippen LogP contribution in [0, 0.1) is 11.3 Å². The van der Waals surface area contributed by atoms with E-state index in [9.17, 15) is 0 Å². The molecule has 0 bridgehead atoms. The van der Waals surface area contributed by atoms with Gasteiger partial charge in [-0.2, -0.15) is 10.5 Å². The third kappa shape index (κ3) is 1.01. The summed E-state index contributed by atoms with van der Waals surface area (Å²) < 4.78 is 0. The van der Waals surface area contributed by atoms with Crippen LogP contribution in [0.1, 0.15) is 18.5 Å². The molecule has 62 valence electrons. The number of rotatable bonds is 1. The maximum atomic E-state index is 8.67. The van der Waals surface area contributed by atoms with Crippen LogP contribution in [0.2, 0.25) is 0 Å². The molecule has 2 rings (SSSR count). The lowest BCUT2D eigenvalue weighted by Crippen LogP contribution is -2.19. The summed E-state index contributed by atoms with van der Waals surface area (Å²) in [6.07, 6.45) is 2.36. The summed E-state index contributed by atoms with van der Waals surface area (Å²) >= 11 is 0. The molecule has 0 atom stereocenters. The van der Waals surface area contributed by atoms with E-state index in [-0.39, 0.29) is 0 Å². The van der Waals surface area contributed by atoms with E-state index in [0.717, 1.165) is 13.1 Å². The van der Waals surface area contributed by atoms with Crippen molar-refractivity contribution in [1.82, 2.24) is 15.4 Å². The minimum Gasteiger partial charge on any atom is -0.353 e. The van der Waals surface area contributed by atoms with E-state index in [1.54, 1.807) is 0 Å². The molecule has 0 radical (unpaired) electrons. The Bertz CT molecular complexity index is 304. The van der Waals surface area contributed by atoms with Gasteiger partial charge in [0.2, 0.25) is 5.69 Å². The molecule has 0 saturated carbocycles. The number of hydrogen-bond donors (Lipinski definition) is 1. The van der Waals surface area contributed by atoms with Crippen LogP contribution in [0.4, 0.5) is 5.82 Å². The molecule has 0 aliphatic carbocycles. The van der Waals surface area contributed by atoms with Gasteiger partial charge >= 0.3 is 0 Å². The molecule has 1 saturated heterocycles. The van der Waals surface area contributed by atoms with Crippen LogP contribution in [0.25, 0.3) is 0 Å². The van der Waals surface area contributed by atoms with Crippen molar-refractivity contribution >= 4 is 5.82 Å². The van der Waals surface area contributed by atoms with Crippen LogP contribution in [0.3, 0.4) is 0 Å². The number of nitrogens with one attached hydrogen (secondary N) is 1. The molecular formula is C7H9N5. The standard InChI is InChI=1S/C7H9N5/c8-5-6-7(10-11-9-6)12-3-1-2-4-12/h1-4H2,(H,9,10,11). The number of nitriles is 1. The lowest BCUT2D eigenvalue weighted by Gasteiger charge is -2.12. The molecule has 1 aromatic heterocycles. The fourth-order valence-electron chi connectivity index (χ4n) is 1.45. The Hall–Kier alpha value is -1.57. The third-order valence-electron chi connectivity index (χ3n) is 2.04. The van der Waals surface area contributed by atoms with Gasteiger partial charge in [-0.15, -0.1) is 10.2 Å². The number of aromatic nitrogens is 3. The second kappa shape index (κ2) is 2.81. The summed E-state index contributed by atoms with van der Waals surface area (Å²) in [7, 11) is 0. The summed E-state index contributed by atoms with van der Waals surface area (Å²) in [5.41, 5.74) is 0.400. The fraction of sp³-hybridized carbons (Fsp3) is 0.571. The van der Waals surface area contributed by atoms with Crippen LogP contribution in [-0.4, -0.2) is 28.5 Å². The van der Waals surface area contributed by atoms with Crippen molar-refractivity contribution in [3.05, 3.63) is 5.69 Å². The Morgan fingerprint density at radius 2 is 2.08 bits per heavy atom. The Labute approximate surface area is 70.0 Å². The maximum absolute atomic E-state index is 8.67. The minimum absolute atomic E-state index is 0.400. The molecule has 0 aromatic carbocycles. The van der Waals surface area contributed by atoms with Gasteiger partial charge in [0.15, 0.2) is 5.82 Å². The molecule has 1 aromatic rings. The quantitative estimate of drug-likeness (QED) is 0.645. The van der Waals surface area contributed by atoms with E-state index in [0.29, 0.717) is 11.5 Å². The first-order valence-corrected chi connectivity index (χ1v) is 3.97. The van der Waals surface area contributed by atoms with E-state index in [1.165, 1.54) is 12.8 Å². The molecule has 2 heterocycles. The molecule has 1 aliphatic heterocycles. The SMILES string of the molecule is N#Cc1n[nH]nc1N1CCCC1. The minimum atomic E-state index is 0.400. The van der Waals surface area contributed by atoms with Crippen molar-refractivity contribution in [2.75, 3.05) is 18.0 Å². The van der Waals surface area contributed by atoms with E-state index in [2.05, 4.69) is 20.3 Å². The third-order valence-corrected chi connectivity index (χ3v) is 2.04. The summed E-state index contributed by atoms with van der Waals surface area (Å²) in [4.78, 5) is 2.09. The number of nitrogens with zero attached hydrogens (tertiary/aromatic N) is 4. The Morgan fingerprint density at radius 3 is 2.75 bits per heavy atom. The lowest BCUT2D eigenvalue weighted by molar-refractivity contribution is 0.895. The smallest absolute Gasteiger partial charge is 0.206 e. The first kappa shape index (κ1) is 7.10. The monoisotopic (exact) mass is 163 g/mol. The van der Waals surface area contributed by atoms with Crippen molar-refractivity contribution in [3.63, 3.8) is 0 Å². The Morgan fingerprint density at radius 1 is 1.33 bits per heavy atom. The molecule has 0 unspecified atom stereocenters.